The SMILES string of the molecule is C=NN(C(=NC)N1CCCN(C(=O)c2c(O)c(-c3c(OC)cccc3OC)c(CCCC)[nH]c2=O)CC1)c1ccccc1. The Morgan fingerprint density at radius 3 is 2.26 bits per heavy atom. The summed E-state index contributed by atoms with van der Waals surface area (Å²) in [5, 5.41) is 17.5. The maximum absolute atomic E-state index is 14.0. The maximum Gasteiger partial charge on any atom is 0.264 e. The minimum absolute atomic E-state index is 0.306. The second-order valence-corrected chi connectivity index (χ2v) is 10.1. The van der Waals surface area contributed by atoms with Gasteiger partial charge in [-0.3, -0.25) is 14.6 Å². The normalized spacial score (nSPS) is 13.8. The van der Waals surface area contributed by atoms with Gasteiger partial charge in [-0.05, 0) is 43.5 Å². The summed E-state index contributed by atoms with van der Waals surface area (Å²) < 4.78 is 11.2. The molecule has 1 fully saturated rings. The molecule has 1 amide bonds. The fraction of sp³-hybridized carbons (Fsp3) is 0.375. The number of H-pyrrole nitrogens is 1. The van der Waals surface area contributed by atoms with Crippen LogP contribution in [0.2, 0.25) is 0 Å². The number of methoxy groups -OCH3 is 2. The number of anilines is 1. The molecule has 0 aliphatic carbocycles. The summed E-state index contributed by atoms with van der Waals surface area (Å²) in [7, 11) is 4.74. The predicted octanol–water partition coefficient (Wildman–Crippen LogP) is 4.36. The Balaban J connectivity index is 1.69. The minimum Gasteiger partial charge on any atom is -0.506 e. The summed E-state index contributed by atoms with van der Waals surface area (Å²) in [5.74, 6) is 0.573. The van der Waals surface area contributed by atoms with E-state index >= 15 is 0 Å². The number of aryl methyl sites for hydroxylation is 1. The Labute approximate surface area is 252 Å². The summed E-state index contributed by atoms with van der Waals surface area (Å²) in [5.41, 5.74) is 1.21. The van der Waals surface area contributed by atoms with Gasteiger partial charge in [0, 0.05) is 45.6 Å². The third-order valence-corrected chi connectivity index (χ3v) is 7.54. The van der Waals surface area contributed by atoms with Crippen molar-refractivity contribution in [3.8, 4) is 28.4 Å². The molecule has 4 rings (SSSR count). The Morgan fingerprint density at radius 1 is 1.00 bits per heavy atom. The van der Waals surface area contributed by atoms with Gasteiger partial charge in [-0.15, -0.1) is 0 Å². The van der Waals surface area contributed by atoms with E-state index < -0.39 is 11.5 Å². The molecular formula is C32H40N6O5. The lowest BCUT2D eigenvalue weighted by Crippen LogP contribution is -2.44. The molecule has 2 heterocycles. The molecule has 3 aromatic rings. The highest BCUT2D eigenvalue weighted by Crippen LogP contribution is 2.44. The van der Waals surface area contributed by atoms with Crippen LogP contribution < -0.4 is 20.0 Å². The number of hydrazone groups is 1. The number of nitrogens with zero attached hydrogens (tertiary/aromatic N) is 5. The third kappa shape index (κ3) is 6.50. The van der Waals surface area contributed by atoms with Crippen molar-refractivity contribution in [3.63, 3.8) is 0 Å². The maximum atomic E-state index is 14.0. The third-order valence-electron chi connectivity index (χ3n) is 7.54. The number of aromatic hydroxyl groups is 1. The molecule has 2 N–H and O–H groups in total. The topological polar surface area (TPSA) is 123 Å². The average molecular weight is 589 g/mol. The first-order chi connectivity index (χ1) is 20.9. The number of carbonyl (C=O) groups excluding carboxylic acids is 1. The van der Waals surface area contributed by atoms with Crippen LogP contribution in [-0.4, -0.2) is 85.9 Å². The van der Waals surface area contributed by atoms with E-state index in [-0.39, 0.29) is 11.3 Å². The summed E-state index contributed by atoms with van der Waals surface area (Å²) in [4.78, 5) is 38.4. The molecule has 0 radical (unpaired) electrons. The number of rotatable bonds is 9. The van der Waals surface area contributed by atoms with Crippen molar-refractivity contribution in [1.82, 2.24) is 14.8 Å². The lowest BCUT2D eigenvalue weighted by atomic mass is 9.95. The molecule has 0 bridgehead atoms. The van der Waals surface area contributed by atoms with E-state index in [0.717, 1.165) is 18.5 Å². The Hall–Kier alpha value is -4.80. The van der Waals surface area contributed by atoms with Crippen LogP contribution in [0.1, 0.15) is 42.2 Å². The van der Waals surface area contributed by atoms with Gasteiger partial charge >= 0.3 is 0 Å². The largest absolute Gasteiger partial charge is 0.506 e. The number of aromatic nitrogens is 1. The van der Waals surface area contributed by atoms with E-state index in [2.05, 4.69) is 21.8 Å². The van der Waals surface area contributed by atoms with E-state index in [4.69, 9.17) is 9.47 Å². The van der Waals surface area contributed by atoms with Gasteiger partial charge < -0.3 is 29.4 Å². The van der Waals surface area contributed by atoms with Crippen molar-refractivity contribution >= 4 is 24.3 Å². The number of hydrogen-bond acceptors (Lipinski definition) is 7. The predicted molar refractivity (Wildman–Crippen MR) is 170 cm³/mol. The first-order valence-corrected chi connectivity index (χ1v) is 14.4. The number of aromatic amines is 1. The molecule has 1 aliphatic rings. The van der Waals surface area contributed by atoms with Gasteiger partial charge in [0.1, 0.15) is 22.8 Å². The molecule has 43 heavy (non-hydrogen) atoms. The number of pyridine rings is 1. The monoisotopic (exact) mass is 588 g/mol. The molecule has 0 spiro atoms. The summed E-state index contributed by atoms with van der Waals surface area (Å²) in [6.45, 7) is 7.52. The molecule has 1 saturated heterocycles. The first-order valence-electron chi connectivity index (χ1n) is 14.4. The number of para-hydroxylation sites is 1. The van der Waals surface area contributed by atoms with E-state index in [1.54, 1.807) is 35.2 Å². The van der Waals surface area contributed by atoms with E-state index in [1.807, 2.05) is 42.2 Å². The summed E-state index contributed by atoms with van der Waals surface area (Å²) in [6, 6.07) is 14.9. The van der Waals surface area contributed by atoms with Gasteiger partial charge in [0.05, 0.1) is 31.0 Å². The molecule has 1 aliphatic heterocycles. The van der Waals surface area contributed by atoms with Crippen LogP contribution in [0.4, 0.5) is 5.69 Å². The zero-order valence-corrected chi connectivity index (χ0v) is 25.3. The highest BCUT2D eigenvalue weighted by molar-refractivity contribution is 6.00. The number of carbonyl (C=O) groups is 1. The summed E-state index contributed by atoms with van der Waals surface area (Å²) >= 11 is 0. The summed E-state index contributed by atoms with van der Waals surface area (Å²) in [6.07, 6.45) is 2.76. The molecule has 11 heteroatoms. The van der Waals surface area contributed by atoms with Crippen LogP contribution in [-0.2, 0) is 6.42 Å². The van der Waals surface area contributed by atoms with Gasteiger partial charge in [0.15, 0.2) is 0 Å². The molecule has 0 unspecified atom stereocenters. The van der Waals surface area contributed by atoms with Gasteiger partial charge in [0.25, 0.3) is 11.5 Å². The number of unbranched alkanes of at least 4 members (excludes halogenated alkanes) is 1. The minimum atomic E-state index is -0.630. The molecule has 2 aromatic carbocycles. The van der Waals surface area contributed by atoms with Crippen molar-refractivity contribution in [2.24, 2.45) is 10.1 Å². The Morgan fingerprint density at radius 2 is 1.65 bits per heavy atom. The van der Waals surface area contributed by atoms with Crippen molar-refractivity contribution < 1.29 is 19.4 Å². The fourth-order valence-corrected chi connectivity index (χ4v) is 5.42. The Kier molecular flexibility index (Phi) is 10.4. The van der Waals surface area contributed by atoms with Crippen molar-refractivity contribution in [2.45, 2.75) is 32.6 Å². The van der Waals surface area contributed by atoms with Crippen LogP contribution in [0.25, 0.3) is 11.1 Å². The van der Waals surface area contributed by atoms with Crippen molar-refractivity contribution in [2.75, 3.05) is 52.5 Å². The average Bonchev–Trinajstić information content (AvgIpc) is 3.28. The Bertz CT molecular complexity index is 1500. The molecule has 0 saturated carbocycles. The molecule has 228 valence electrons. The first kappa shape index (κ1) is 31.1. The van der Waals surface area contributed by atoms with Crippen LogP contribution in [0.5, 0.6) is 17.2 Å². The van der Waals surface area contributed by atoms with Crippen LogP contribution in [0, 0.1) is 0 Å². The van der Waals surface area contributed by atoms with Crippen molar-refractivity contribution in [3.05, 3.63) is 70.1 Å². The standard InChI is InChI=1S/C32H40N6O5/c1-6-7-15-23-26(27-24(42-4)16-11-17-25(27)43-5)29(39)28(30(40)35-23)31(41)36-18-12-19-37(21-20-36)32(33-2)38(34-3)22-13-9-8-10-14-22/h8-11,13-14,16-17H,3,6-7,12,15,18-21H2,1-2,4-5H3,(H2,35,39,40). The molecule has 11 nitrogen and oxygen atoms in total. The lowest BCUT2D eigenvalue weighted by Gasteiger charge is -2.30. The van der Waals surface area contributed by atoms with Gasteiger partial charge in [0.2, 0.25) is 5.96 Å². The highest BCUT2D eigenvalue weighted by Gasteiger charge is 2.31. The van der Waals surface area contributed by atoms with Crippen LogP contribution >= 0.6 is 0 Å². The number of guanidine groups is 1. The zero-order chi connectivity index (χ0) is 30.9. The second kappa shape index (κ2) is 14.4. The number of ether oxygens (including phenoxy) is 2. The van der Waals surface area contributed by atoms with E-state index in [0.29, 0.717) is 73.3 Å². The fourth-order valence-electron chi connectivity index (χ4n) is 5.42. The number of benzene rings is 2. The van der Waals surface area contributed by atoms with E-state index in [9.17, 15) is 14.7 Å². The van der Waals surface area contributed by atoms with Gasteiger partial charge in [-0.1, -0.05) is 37.6 Å². The lowest BCUT2D eigenvalue weighted by molar-refractivity contribution is 0.0759. The van der Waals surface area contributed by atoms with Crippen molar-refractivity contribution in [1.29, 1.82) is 0 Å². The molecule has 0 atom stereocenters. The second-order valence-electron chi connectivity index (χ2n) is 10.1. The quantitative estimate of drug-likeness (QED) is 0.216. The van der Waals surface area contributed by atoms with Gasteiger partial charge in [-0.2, -0.15) is 5.10 Å². The smallest absolute Gasteiger partial charge is 0.264 e. The zero-order valence-electron chi connectivity index (χ0n) is 25.3. The highest BCUT2D eigenvalue weighted by atomic mass is 16.5. The number of hydrogen-bond donors (Lipinski definition) is 2. The molecular weight excluding hydrogens is 548 g/mol. The van der Waals surface area contributed by atoms with E-state index in [1.165, 1.54) is 14.2 Å². The van der Waals surface area contributed by atoms with Gasteiger partial charge in [-0.25, -0.2) is 5.01 Å². The molecule has 1 aromatic heterocycles. The van der Waals surface area contributed by atoms with Crippen LogP contribution in [0.3, 0.4) is 0 Å². The number of aliphatic imine (C=N–C) groups is 1. The number of amides is 1. The number of nitrogens with one attached hydrogen (secondary N) is 1. The van der Waals surface area contributed by atoms with Crippen LogP contribution in [0.15, 0.2) is 63.4 Å².